The van der Waals surface area contributed by atoms with Crippen molar-refractivity contribution in [3.63, 3.8) is 0 Å². The Hall–Kier alpha value is -2.74. The number of benzene rings is 2. The Morgan fingerprint density at radius 1 is 1.14 bits per heavy atom. The summed E-state index contributed by atoms with van der Waals surface area (Å²) in [6, 6.07) is 9.15. The maximum absolute atomic E-state index is 12.9. The highest BCUT2D eigenvalue weighted by atomic mass is 35.5. The van der Waals surface area contributed by atoms with Gasteiger partial charge in [0.2, 0.25) is 0 Å². The lowest BCUT2D eigenvalue weighted by atomic mass is 10.2. The van der Waals surface area contributed by atoms with E-state index in [4.69, 9.17) is 16.3 Å². The molecule has 2 aromatic rings. The number of anilines is 1. The van der Waals surface area contributed by atoms with E-state index >= 15 is 0 Å². The van der Waals surface area contributed by atoms with Gasteiger partial charge in [-0.25, -0.2) is 0 Å². The van der Waals surface area contributed by atoms with Crippen LogP contribution in [0.25, 0.3) is 0 Å². The summed E-state index contributed by atoms with van der Waals surface area (Å²) in [5.41, 5.74) is -0.385. The molecule has 0 heterocycles. The second-order valence-electron chi connectivity index (χ2n) is 6.27. The largest absolute Gasteiger partial charge is 0.483 e. The van der Waals surface area contributed by atoms with Gasteiger partial charge in [0, 0.05) is 11.7 Å². The van der Waals surface area contributed by atoms with Crippen LogP contribution in [0.15, 0.2) is 42.5 Å². The molecule has 148 valence electrons. The number of hydrogen-bond acceptors (Lipinski definition) is 3. The molecule has 28 heavy (non-hydrogen) atoms. The van der Waals surface area contributed by atoms with E-state index in [1.165, 1.54) is 30.3 Å². The summed E-state index contributed by atoms with van der Waals surface area (Å²) in [5, 5.41) is 5.43. The molecule has 0 bridgehead atoms. The first-order chi connectivity index (χ1) is 13.2. The van der Waals surface area contributed by atoms with E-state index in [0.29, 0.717) is 5.69 Å². The minimum absolute atomic E-state index is 0.152. The average molecular weight is 413 g/mol. The van der Waals surface area contributed by atoms with Gasteiger partial charge in [0.25, 0.3) is 11.8 Å². The van der Waals surface area contributed by atoms with E-state index in [1.54, 1.807) is 0 Å². The summed E-state index contributed by atoms with van der Waals surface area (Å²) in [4.78, 5) is 24.0. The first kappa shape index (κ1) is 20.0. The molecule has 2 N–H and O–H groups in total. The van der Waals surface area contributed by atoms with Gasteiger partial charge in [-0.05, 0) is 43.2 Å². The number of halogens is 4. The van der Waals surface area contributed by atoms with Gasteiger partial charge in [0.15, 0.2) is 6.61 Å². The van der Waals surface area contributed by atoms with Crippen LogP contribution in [0.2, 0.25) is 5.02 Å². The van der Waals surface area contributed by atoms with Crippen LogP contribution < -0.4 is 15.4 Å². The monoisotopic (exact) mass is 412 g/mol. The molecule has 0 radical (unpaired) electrons. The van der Waals surface area contributed by atoms with Crippen LogP contribution in [0.1, 0.15) is 28.8 Å². The van der Waals surface area contributed by atoms with Crippen LogP contribution in [0.4, 0.5) is 18.9 Å². The molecule has 0 aromatic heterocycles. The van der Waals surface area contributed by atoms with Crippen molar-refractivity contribution in [1.29, 1.82) is 0 Å². The molecule has 2 aromatic carbocycles. The second kappa shape index (κ2) is 8.10. The number of nitrogens with one attached hydrogen (secondary N) is 2. The third kappa shape index (κ3) is 5.16. The maximum Gasteiger partial charge on any atom is 0.419 e. The van der Waals surface area contributed by atoms with Gasteiger partial charge in [0.1, 0.15) is 5.75 Å². The number of hydrogen-bond donors (Lipinski definition) is 2. The predicted molar refractivity (Wildman–Crippen MR) is 97.5 cm³/mol. The summed E-state index contributed by atoms with van der Waals surface area (Å²) in [5.74, 6) is -1.39. The molecule has 0 spiro atoms. The van der Waals surface area contributed by atoms with Crippen molar-refractivity contribution in [3.8, 4) is 5.75 Å². The Morgan fingerprint density at radius 2 is 1.86 bits per heavy atom. The molecule has 5 nitrogen and oxygen atoms in total. The van der Waals surface area contributed by atoms with E-state index in [0.717, 1.165) is 25.0 Å². The lowest BCUT2D eigenvalue weighted by Crippen LogP contribution is -2.25. The topological polar surface area (TPSA) is 67.4 Å². The fraction of sp³-hybridized carbons (Fsp3) is 0.263. The fourth-order valence-electron chi connectivity index (χ4n) is 2.43. The first-order valence-corrected chi connectivity index (χ1v) is 8.81. The van der Waals surface area contributed by atoms with E-state index < -0.39 is 30.0 Å². The molecule has 1 saturated carbocycles. The first-order valence-electron chi connectivity index (χ1n) is 8.43. The molecule has 0 unspecified atom stereocenters. The Balaban J connectivity index is 1.59. The van der Waals surface area contributed by atoms with Gasteiger partial charge in [0.05, 0.1) is 16.1 Å². The van der Waals surface area contributed by atoms with Gasteiger partial charge >= 0.3 is 6.18 Å². The van der Waals surface area contributed by atoms with Crippen LogP contribution >= 0.6 is 11.6 Å². The molecule has 1 aliphatic rings. The lowest BCUT2D eigenvalue weighted by Gasteiger charge is -2.14. The highest BCUT2D eigenvalue weighted by molar-refractivity contribution is 6.34. The van der Waals surface area contributed by atoms with E-state index in [2.05, 4.69) is 10.6 Å². The Labute approximate surface area is 163 Å². The summed E-state index contributed by atoms with van der Waals surface area (Å²) < 4.78 is 43.8. The molecule has 3 rings (SSSR count). The van der Waals surface area contributed by atoms with Crippen molar-refractivity contribution in [3.05, 3.63) is 58.6 Å². The minimum atomic E-state index is -4.59. The quantitative estimate of drug-likeness (QED) is 0.744. The second-order valence-corrected chi connectivity index (χ2v) is 6.68. The molecule has 0 atom stereocenters. The highest BCUT2D eigenvalue weighted by Crippen LogP contribution is 2.35. The third-order valence-corrected chi connectivity index (χ3v) is 4.27. The molecule has 0 aliphatic heterocycles. The molecule has 2 amide bonds. The van der Waals surface area contributed by atoms with Gasteiger partial charge in [-0.2, -0.15) is 13.2 Å². The smallest absolute Gasteiger partial charge is 0.419 e. The third-order valence-electron chi connectivity index (χ3n) is 3.96. The lowest BCUT2D eigenvalue weighted by molar-refractivity contribution is -0.139. The summed E-state index contributed by atoms with van der Waals surface area (Å²) >= 11 is 6.09. The fourth-order valence-corrected chi connectivity index (χ4v) is 2.70. The predicted octanol–water partition coefficient (Wildman–Crippen LogP) is 4.27. The number of amides is 2. The van der Waals surface area contributed by atoms with E-state index in [9.17, 15) is 22.8 Å². The number of carbonyl (C=O) groups excluding carboxylic acids is 2. The number of ether oxygens (including phenoxy) is 1. The molecular weight excluding hydrogens is 397 g/mol. The molecule has 1 aliphatic carbocycles. The zero-order valence-electron chi connectivity index (χ0n) is 14.5. The van der Waals surface area contributed by atoms with Crippen molar-refractivity contribution in [2.24, 2.45) is 0 Å². The van der Waals surface area contributed by atoms with Crippen LogP contribution in [-0.4, -0.2) is 24.5 Å². The summed E-state index contributed by atoms with van der Waals surface area (Å²) in [6.07, 6.45) is -2.71. The Morgan fingerprint density at radius 3 is 2.50 bits per heavy atom. The molecule has 1 fully saturated rings. The van der Waals surface area contributed by atoms with E-state index in [-0.39, 0.29) is 22.5 Å². The van der Waals surface area contributed by atoms with Crippen molar-refractivity contribution in [1.82, 2.24) is 5.32 Å². The zero-order chi connectivity index (χ0) is 20.3. The molecule has 0 saturated heterocycles. The van der Waals surface area contributed by atoms with Crippen molar-refractivity contribution >= 4 is 29.1 Å². The van der Waals surface area contributed by atoms with Crippen LogP contribution in [0, 0.1) is 0 Å². The van der Waals surface area contributed by atoms with E-state index in [1.807, 2.05) is 0 Å². The maximum atomic E-state index is 12.9. The zero-order valence-corrected chi connectivity index (χ0v) is 15.2. The van der Waals surface area contributed by atoms with Crippen LogP contribution in [-0.2, 0) is 11.0 Å². The van der Waals surface area contributed by atoms with Crippen molar-refractivity contribution in [2.75, 3.05) is 11.9 Å². The average Bonchev–Trinajstić information content (AvgIpc) is 3.43. The number of carbonyl (C=O) groups is 2. The molecule has 9 heteroatoms. The van der Waals surface area contributed by atoms with Gasteiger partial charge < -0.3 is 15.4 Å². The van der Waals surface area contributed by atoms with Crippen LogP contribution in [0.5, 0.6) is 5.75 Å². The normalized spacial score (nSPS) is 13.7. The minimum Gasteiger partial charge on any atom is -0.483 e. The highest BCUT2D eigenvalue weighted by Gasteiger charge is 2.34. The Kier molecular flexibility index (Phi) is 5.79. The number of alkyl halides is 3. The van der Waals surface area contributed by atoms with Gasteiger partial charge in [-0.3, -0.25) is 9.59 Å². The standard InChI is InChI=1S/C19H16ClF3N2O3/c20-15-9-12(7-8-13(15)18(27)25-11-5-6-11)24-17(26)10-28-16-4-2-1-3-14(16)19(21,22)23/h1-4,7-9,11H,5-6,10H2,(H,24,26)(H,25,27). The van der Waals surface area contributed by atoms with Crippen molar-refractivity contribution < 1.29 is 27.5 Å². The number of para-hydroxylation sites is 1. The Bertz CT molecular complexity index is 898. The SMILES string of the molecule is O=C(COc1ccccc1C(F)(F)F)Nc1ccc(C(=O)NC2CC2)c(Cl)c1. The molecular formula is C19H16ClF3N2O3. The number of rotatable bonds is 6. The van der Waals surface area contributed by atoms with Gasteiger partial charge in [-0.1, -0.05) is 23.7 Å². The summed E-state index contributed by atoms with van der Waals surface area (Å²) in [7, 11) is 0. The van der Waals surface area contributed by atoms with Gasteiger partial charge in [-0.15, -0.1) is 0 Å². The summed E-state index contributed by atoms with van der Waals surface area (Å²) in [6.45, 7) is -0.616. The van der Waals surface area contributed by atoms with Crippen molar-refractivity contribution in [2.45, 2.75) is 25.1 Å². The van der Waals surface area contributed by atoms with Crippen LogP contribution in [0.3, 0.4) is 0 Å².